The highest BCUT2D eigenvalue weighted by molar-refractivity contribution is 8.02. The highest BCUT2D eigenvalue weighted by Gasteiger charge is 2.77. The standard InChI is InChI=1S/C30H36ClN3O4S/c1-17(2)15-20(16-35)34-25(27(37)33-24-18(3)9-8-12-21(24)31)30-14-13-29(4,39-30)22(23(30)28(34)38)26(36)32-19-10-6-5-7-11-19/h5-12,17,20,22-23,25,35H,13-16H2,1-4H3,(H,32,36)(H,33,37)/t20-,22-,23+,25?,29+,30?/m1/s1. The summed E-state index contributed by atoms with van der Waals surface area (Å²) in [5, 5.41) is 16.9. The minimum atomic E-state index is -0.845. The second-order valence-corrected chi connectivity index (χ2v) is 14.0. The van der Waals surface area contributed by atoms with E-state index in [-0.39, 0.29) is 30.2 Å². The van der Waals surface area contributed by atoms with Crippen LogP contribution in [0.3, 0.4) is 0 Å². The Morgan fingerprint density at radius 1 is 1.10 bits per heavy atom. The van der Waals surface area contributed by atoms with Gasteiger partial charge >= 0.3 is 0 Å². The number of fused-ring (bicyclic) bond motifs is 1. The lowest BCUT2D eigenvalue weighted by Crippen LogP contribution is -2.55. The van der Waals surface area contributed by atoms with Gasteiger partial charge in [-0.05, 0) is 62.8 Å². The molecule has 6 atom stereocenters. The quantitative estimate of drug-likeness (QED) is 0.410. The number of thioether (sulfide) groups is 1. The Morgan fingerprint density at radius 3 is 2.46 bits per heavy atom. The maximum absolute atomic E-state index is 14.4. The van der Waals surface area contributed by atoms with Crippen molar-refractivity contribution in [2.45, 2.75) is 68.5 Å². The van der Waals surface area contributed by atoms with Crippen LogP contribution >= 0.6 is 23.4 Å². The number of anilines is 2. The average molecular weight is 570 g/mol. The molecule has 2 aromatic rings. The largest absolute Gasteiger partial charge is 0.394 e. The van der Waals surface area contributed by atoms with Gasteiger partial charge in [0.15, 0.2) is 0 Å². The molecule has 3 fully saturated rings. The predicted molar refractivity (Wildman–Crippen MR) is 156 cm³/mol. The van der Waals surface area contributed by atoms with E-state index in [1.165, 1.54) is 0 Å². The summed E-state index contributed by atoms with van der Waals surface area (Å²) in [6, 6.07) is 13.3. The first-order valence-electron chi connectivity index (χ1n) is 13.6. The molecule has 0 aliphatic carbocycles. The number of rotatable bonds is 8. The molecule has 3 N–H and O–H groups in total. The number of nitrogens with zero attached hydrogens (tertiary/aromatic N) is 1. The molecule has 2 aromatic carbocycles. The van der Waals surface area contributed by atoms with E-state index in [1.54, 1.807) is 22.7 Å². The maximum Gasteiger partial charge on any atom is 0.248 e. The van der Waals surface area contributed by atoms with Crippen LogP contribution in [0.5, 0.6) is 0 Å². The number of hydrogen-bond donors (Lipinski definition) is 3. The van der Waals surface area contributed by atoms with Gasteiger partial charge < -0.3 is 20.6 Å². The number of carbonyl (C=O) groups is 3. The first kappa shape index (κ1) is 28.0. The van der Waals surface area contributed by atoms with Crippen molar-refractivity contribution in [1.29, 1.82) is 0 Å². The molecule has 3 aliphatic heterocycles. The summed E-state index contributed by atoms with van der Waals surface area (Å²) in [6.45, 7) is 7.72. The number of nitrogens with one attached hydrogen (secondary N) is 2. The van der Waals surface area contributed by atoms with Gasteiger partial charge in [-0.25, -0.2) is 0 Å². The van der Waals surface area contributed by atoms with E-state index in [4.69, 9.17) is 11.6 Å². The molecule has 2 unspecified atom stereocenters. The molecule has 39 heavy (non-hydrogen) atoms. The van der Waals surface area contributed by atoms with E-state index in [1.807, 2.05) is 70.2 Å². The normalized spacial score (nSPS) is 30.0. The molecule has 7 nitrogen and oxygen atoms in total. The van der Waals surface area contributed by atoms with Gasteiger partial charge in [0, 0.05) is 10.4 Å². The number of aliphatic hydroxyl groups is 1. The fraction of sp³-hybridized carbons (Fsp3) is 0.500. The van der Waals surface area contributed by atoms with Gasteiger partial charge in [-0.1, -0.05) is 55.8 Å². The molecule has 3 amide bonds. The number of hydrogen-bond acceptors (Lipinski definition) is 5. The maximum atomic E-state index is 14.4. The van der Waals surface area contributed by atoms with Crippen molar-refractivity contribution < 1.29 is 19.5 Å². The Bertz CT molecular complexity index is 1270. The van der Waals surface area contributed by atoms with Crippen LogP contribution in [0.15, 0.2) is 48.5 Å². The fourth-order valence-corrected chi connectivity index (χ4v) is 9.61. The number of aryl methyl sites for hydroxylation is 1. The smallest absolute Gasteiger partial charge is 0.248 e. The zero-order valence-corrected chi connectivity index (χ0v) is 24.3. The summed E-state index contributed by atoms with van der Waals surface area (Å²) in [7, 11) is 0. The summed E-state index contributed by atoms with van der Waals surface area (Å²) in [5.74, 6) is -1.84. The third-order valence-electron chi connectivity index (χ3n) is 8.60. The fourth-order valence-electron chi connectivity index (χ4n) is 7.00. The van der Waals surface area contributed by atoms with Crippen molar-refractivity contribution >= 4 is 52.5 Å². The third-order valence-corrected chi connectivity index (χ3v) is 10.9. The van der Waals surface area contributed by atoms with Gasteiger partial charge in [-0.2, -0.15) is 0 Å². The van der Waals surface area contributed by atoms with Crippen molar-refractivity contribution in [3.05, 3.63) is 59.1 Å². The first-order chi connectivity index (χ1) is 18.5. The molecule has 3 saturated heterocycles. The number of aliphatic hydroxyl groups excluding tert-OH is 1. The van der Waals surface area contributed by atoms with Gasteiger partial charge in [-0.3, -0.25) is 14.4 Å². The average Bonchev–Trinajstić information content (AvgIpc) is 3.46. The van der Waals surface area contributed by atoms with E-state index < -0.39 is 33.4 Å². The van der Waals surface area contributed by atoms with Gasteiger partial charge in [0.05, 0.1) is 39.9 Å². The van der Waals surface area contributed by atoms with Crippen molar-refractivity contribution in [2.24, 2.45) is 17.8 Å². The summed E-state index contributed by atoms with van der Waals surface area (Å²) < 4.78 is -1.27. The van der Waals surface area contributed by atoms with E-state index in [0.717, 1.165) is 5.56 Å². The van der Waals surface area contributed by atoms with Crippen LogP contribution in [-0.4, -0.2) is 55.9 Å². The molecule has 3 aliphatic rings. The second-order valence-electron chi connectivity index (χ2n) is 11.7. The lowest BCUT2D eigenvalue weighted by atomic mass is 9.66. The Kier molecular flexibility index (Phi) is 7.50. The number of para-hydroxylation sites is 2. The summed E-state index contributed by atoms with van der Waals surface area (Å²) in [5.41, 5.74) is 2.01. The molecule has 0 radical (unpaired) electrons. The van der Waals surface area contributed by atoms with Crippen molar-refractivity contribution in [3.8, 4) is 0 Å². The first-order valence-corrected chi connectivity index (χ1v) is 14.8. The summed E-state index contributed by atoms with van der Waals surface area (Å²) in [4.78, 5) is 44.0. The van der Waals surface area contributed by atoms with E-state index >= 15 is 0 Å². The lowest BCUT2D eigenvalue weighted by molar-refractivity contribution is -0.142. The minimum absolute atomic E-state index is 0.195. The van der Waals surface area contributed by atoms with Crippen LogP contribution in [0.1, 0.15) is 45.6 Å². The Labute approximate surface area is 239 Å². The van der Waals surface area contributed by atoms with Crippen molar-refractivity contribution in [3.63, 3.8) is 0 Å². The number of likely N-dealkylation sites (tertiary alicyclic amines) is 1. The molecule has 3 heterocycles. The summed E-state index contributed by atoms with van der Waals surface area (Å²) >= 11 is 8.07. The molecule has 0 aromatic heterocycles. The van der Waals surface area contributed by atoms with Crippen LogP contribution in [0.25, 0.3) is 0 Å². The topological polar surface area (TPSA) is 98.7 Å². The SMILES string of the molecule is Cc1cccc(Cl)c1NC(=O)C1N([C@@H](CO)CC(C)C)C(=O)[C@@H]2[C@H](C(=O)Nc3ccccc3)[C@]3(C)CCC12S3. The molecule has 9 heteroatoms. The molecular formula is C30H36ClN3O4S. The van der Waals surface area contributed by atoms with Crippen LogP contribution in [-0.2, 0) is 14.4 Å². The van der Waals surface area contributed by atoms with E-state index in [2.05, 4.69) is 10.6 Å². The molecule has 2 bridgehead atoms. The van der Waals surface area contributed by atoms with E-state index in [0.29, 0.717) is 35.7 Å². The number of amides is 3. The molecular weight excluding hydrogens is 534 g/mol. The Hall–Kier alpha value is -2.55. The summed E-state index contributed by atoms with van der Waals surface area (Å²) in [6.07, 6.45) is 1.89. The third kappa shape index (κ3) is 4.64. The zero-order valence-electron chi connectivity index (χ0n) is 22.7. The van der Waals surface area contributed by atoms with Gasteiger partial charge in [0.25, 0.3) is 0 Å². The van der Waals surface area contributed by atoms with Crippen LogP contribution < -0.4 is 10.6 Å². The number of benzene rings is 2. The number of carbonyl (C=O) groups excluding carboxylic acids is 3. The van der Waals surface area contributed by atoms with Gasteiger partial charge in [0.1, 0.15) is 6.04 Å². The van der Waals surface area contributed by atoms with Crippen LogP contribution in [0, 0.1) is 24.7 Å². The molecule has 208 valence electrons. The molecule has 1 spiro atoms. The van der Waals surface area contributed by atoms with Gasteiger partial charge in [0.2, 0.25) is 17.7 Å². The molecule has 5 rings (SSSR count). The monoisotopic (exact) mass is 569 g/mol. The Morgan fingerprint density at radius 2 is 1.82 bits per heavy atom. The highest BCUT2D eigenvalue weighted by Crippen LogP contribution is 2.71. The van der Waals surface area contributed by atoms with Crippen molar-refractivity contribution in [1.82, 2.24) is 4.90 Å². The van der Waals surface area contributed by atoms with E-state index in [9.17, 15) is 19.5 Å². The highest BCUT2D eigenvalue weighted by atomic mass is 35.5. The minimum Gasteiger partial charge on any atom is -0.394 e. The van der Waals surface area contributed by atoms with Crippen LogP contribution in [0.4, 0.5) is 11.4 Å². The van der Waals surface area contributed by atoms with Crippen LogP contribution in [0.2, 0.25) is 5.02 Å². The van der Waals surface area contributed by atoms with Crippen molar-refractivity contribution in [2.75, 3.05) is 17.2 Å². The predicted octanol–water partition coefficient (Wildman–Crippen LogP) is 5.11. The lowest BCUT2D eigenvalue weighted by Gasteiger charge is -2.37. The van der Waals surface area contributed by atoms with Gasteiger partial charge in [-0.15, -0.1) is 11.8 Å². The molecule has 0 saturated carbocycles. The second kappa shape index (κ2) is 10.5. The Balaban J connectivity index is 1.56. The number of halogens is 1. The zero-order chi connectivity index (χ0) is 28.1.